The van der Waals surface area contributed by atoms with Crippen LogP contribution < -0.4 is 15.4 Å². The van der Waals surface area contributed by atoms with Gasteiger partial charge in [0.25, 0.3) is 5.91 Å². The van der Waals surface area contributed by atoms with Gasteiger partial charge >= 0.3 is 0 Å². The molecule has 150 valence electrons. The number of benzene rings is 2. The molecule has 3 aromatic rings. The number of aromatic nitrogens is 1. The zero-order valence-corrected chi connectivity index (χ0v) is 16.9. The van der Waals surface area contributed by atoms with E-state index in [1.807, 2.05) is 23.6 Å². The molecule has 2 amide bonds. The van der Waals surface area contributed by atoms with Crippen molar-refractivity contribution in [2.75, 3.05) is 23.0 Å². The lowest BCUT2D eigenvalue weighted by Crippen LogP contribution is -2.20. The second-order valence-corrected chi connectivity index (χ2v) is 7.69. The van der Waals surface area contributed by atoms with Gasteiger partial charge in [0, 0.05) is 16.8 Å². The van der Waals surface area contributed by atoms with Crippen molar-refractivity contribution in [2.45, 2.75) is 5.75 Å². The standard InChI is InChI=1S/C20H18FN3O3S2/c21-14-6-8-15(9-7-14)22-19(26)13-28-11-16-12-29-20(23-16)24-18(25)10-27-17-4-2-1-3-5-17/h1-9,12H,10-11,13H2,(H,22,26)(H,23,24,25). The first-order chi connectivity index (χ1) is 14.1. The van der Waals surface area contributed by atoms with Crippen LogP contribution in [0.15, 0.2) is 60.0 Å². The second-order valence-electron chi connectivity index (χ2n) is 5.84. The van der Waals surface area contributed by atoms with Crippen LogP contribution in [0.4, 0.5) is 15.2 Å². The van der Waals surface area contributed by atoms with E-state index in [1.165, 1.54) is 47.4 Å². The lowest BCUT2D eigenvalue weighted by molar-refractivity contribution is -0.118. The maximum atomic E-state index is 12.9. The highest BCUT2D eigenvalue weighted by Gasteiger charge is 2.09. The van der Waals surface area contributed by atoms with Crippen LogP contribution in [0, 0.1) is 5.82 Å². The topological polar surface area (TPSA) is 80.3 Å². The molecule has 6 nitrogen and oxygen atoms in total. The summed E-state index contributed by atoms with van der Waals surface area (Å²) < 4.78 is 18.2. The van der Waals surface area contributed by atoms with Crippen molar-refractivity contribution < 1.29 is 18.7 Å². The number of carbonyl (C=O) groups is 2. The van der Waals surface area contributed by atoms with Crippen molar-refractivity contribution in [1.29, 1.82) is 0 Å². The number of halogens is 1. The average molecular weight is 432 g/mol. The van der Waals surface area contributed by atoms with Crippen LogP contribution in [-0.4, -0.2) is 29.2 Å². The lowest BCUT2D eigenvalue weighted by Gasteiger charge is -2.05. The number of thioether (sulfide) groups is 1. The summed E-state index contributed by atoms with van der Waals surface area (Å²) in [7, 11) is 0. The number of nitrogens with zero attached hydrogens (tertiary/aromatic N) is 1. The van der Waals surface area contributed by atoms with Gasteiger partial charge in [-0.1, -0.05) is 18.2 Å². The maximum Gasteiger partial charge on any atom is 0.264 e. The Morgan fingerprint density at radius 2 is 1.79 bits per heavy atom. The molecule has 29 heavy (non-hydrogen) atoms. The van der Waals surface area contributed by atoms with Crippen molar-refractivity contribution >= 4 is 45.7 Å². The van der Waals surface area contributed by atoms with Crippen molar-refractivity contribution in [2.24, 2.45) is 0 Å². The summed E-state index contributed by atoms with van der Waals surface area (Å²) in [4.78, 5) is 28.2. The zero-order valence-electron chi connectivity index (χ0n) is 15.3. The summed E-state index contributed by atoms with van der Waals surface area (Å²) in [5.74, 6) is 0.573. The number of ether oxygens (including phenoxy) is 1. The number of anilines is 2. The van der Waals surface area contributed by atoms with Crippen LogP contribution in [0.2, 0.25) is 0 Å². The molecule has 2 N–H and O–H groups in total. The average Bonchev–Trinajstić information content (AvgIpc) is 3.16. The minimum atomic E-state index is -0.351. The molecular formula is C20H18FN3O3S2. The van der Waals surface area contributed by atoms with Crippen LogP contribution in [0.3, 0.4) is 0 Å². The SMILES string of the molecule is O=C(CSCc1csc(NC(=O)COc2ccccc2)n1)Nc1ccc(F)cc1. The van der Waals surface area contributed by atoms with E-state index < -0.39 is 0 Å². The molecule has 1 heterocycles. The van der Waals surface area contributed by atoms with E-state index in [0.717, 1.165) is 5.69 Å². The number of nitrogens with one attached hydrogen (secondary N) is 2. The van der Waals surface area contributed by atoms with Crippen molar-refractivity contribution in [3.8, 4) is 5.75 Å². The van der Waals surface area contributed by atoms with Gasteiger partial charge in [0.1, 0.15) is 11.6 Å². The first-order valence-electron chi connectivity index (χ1n) is 8.64. The first-order valence-corrected chi connectivity index (χ1v) is 10.7. The fraction of sp³-hybridized carbons (Fsp3) is 0.150. The Labute approximate surface area is 175 Å². The van der Waals surface area contributed by atoms with Gasteiger partial charge in [-0.15, -0.1) is 23.1 Å². The summed E-state index contributed by atoms with van der Waals surface area (Å²) in [5, 5.41) is 7.71. The fourth-order valence-corrected chi connectivity index (χ4v) is 3.78. The first kappa shape index (κ1) is 20.8. The Morgan fingerprint density at radius 1 is 1.03 bits per heavy atom. The smallest absolute Gasteiger partial charge is 0.264 e. The molecule has 0 bridgehead atoms. The Kier molecular flexibility index (Phi) is 7.60. The highest BCUT2D eigenvalue weighted by Crippen LogP contribution is 2.20. The van der Waals surface area contributed by atoms with Gasteiger partial charge < -0.3 is 10.1 Å². The van der Waals surface area contributed by atoms with Gasteiger partial charge in [0.2, 0.25) is 5.91 Å². The third-order valence-electron chi connectivity index (χ3n) is 3.52. The van der Waals surface area contributed by atoms with Gasteiger partial charge in [0.05, 0.1) is 11.4 Å². The van der Waals surface area contributed by atoms with Crippen LogP contribution in [0.5, 0.6) is 5.75 Å². The van der Waals surface area contributed by atoms with Gasteiger partial charge in [-0.3, -0.25) is 14.9 Å². The number of para-hydroxylation sites is 1. The minimum absolute atomic E-state index is 0.1000. The molecule has 0 atom stereocenters. The molecule has 0 fully saturated rings. The molecule has 0 saturated carbocycles. The lowest BCUT2D eigenvalue weighted by atomic mass is 10.3. The molecule has 0 unspecified atom stereocenters. The molecule has 9 heteroatoms. The third kappa shape index (κ3) is 7.20. The van der Waals surface area contributed by atoms with Crippen LogP contribution in [0.1, 0.15) is 5.69 Å². The molecule has 1 aromatic heterocycles. The number of carbonyl (C=O) groups excluding carboxylic acids is 2. The number of amides is 2. The highest BCUT2D eigenvalue weighted by atomic mass is 32.2. The van der Waals surface area contributed by atoms with E-state index in [0.29, 0.717) is 22.3 Å². The van der Waals surface area contributed by atoms with Gasteiger partial charge in [-0.25, -0.2) is 9.37 Å². The third-order valence-corrected chi connectivity index (χ3v) is 5.30. The molecule has 0 radical (unpaired) electrons. The number of thiazole rings is 1. The van der Waals surface area contributed by atoms with Gasteiger partial charge in [-0.2, -0.15) is 0 Å². The van der Waals surface area contributed by atoms with Crippen molar-refractivity contribution in [1.82, 2.24) is 4.98 Å². The van der Waals surface area contributed by atoms with E-state index in [2.05, 4.69) is 15.6 Å². The normalized spacial score (nSPS) is 10.4. The summed E-state index contributed by atoms with van der Waals surface area (Å²) in [6.07, 6.45) is 0. The molecule has 0 aliphatic carbocycles. The van der Waals surface area contributed by atoms with Crippen LogP contribution in [-0.2, 0) is 15.3 Å². The molecule has 3 rings (SSSR count). The second kappa shape index (κ2) is 10.6. The predicted molar refractivity (Wildman–Crippen MR) is 114 cm³/mol. The monoisotopic (exact) mass is 431 g/mol. The quantitative estimate of drug-likeness (QED) is 0.532. The molecular weight excluding hydrogens is 413 g/mol. The molecule has 2 aromatic carbocycles. The summed E-state index contributed by atoms with van der Waals surface area (Å²) in [6.45, 7) is -0.1000. The van der Waals surface area contributed by atoms with Crippen molar-refractivity contribution in [3.05, 3.63) is 71.5 Å². The maximum absolute atomic E-state index is 12.9. The number of hydrogen-bond donors (Lipinski definition) is 2. The van der Waals surface area contributed by atoms with Crippen LogP contribution in [0.25, 0.3) is 0 Å². The summed E-state index contributed by atoms with van der Waals surface area (Å²) in [6, 6.07) is 14.7. The van der Waals surface area contributed by atoms with Crippen LogP contribution >= 0.6 is 23.1 Å². The van der Waals surface area contributed by atoms with E-state index in [4.69, 9.17) is 4.74 Å². The Hall–Kier alpha value is -2.91. The fourth-order valence-electron chi connectivity index (χ4n) is 2.23. The Balaban J connectivity index is 1.36. The number of rotatable bonds is 9. The Morgan fingerprint density at radius 3 is 2.55 bits per heavy atom. The molecule has 0 aliphatic heterocycles. The zero-order chi connectivity index (χ0) is 20.5. The van der Waals surface area contributed by atoms with E-state index >= 15 is 0 Å². The van der Waals surface area contributed by atoms with E-state index in [-0.39, 0.29) is 30.0 Å². The molecule has 0 aliphatic rings. The largest absolute Gasteiger partial charge is 0.484 e. The summed E-state index contributed by atoms with van der Waals surface area (Å²) >= 11 is 2.71. The predicted octanol–water partition coefficient (Wildman–Crippen LogP) is 4.17. The van der Waals surface area contributed by atoms with Crippen molar-refractivity contribution in [3.63, 3.8) is 0 Å². The number of hydrogen-bond acceptors (Lipinski definition) is 6. The van der Waals surface area contributed by atoms with Gasteiger partial charge in [0.15, 0.2) is 11.7 Å². The summed E-state index contributed by atoms with van der Waals surface area (Å²) in [5.41, 5.74) is 1.32. The molecule has 0 saturated heterocycles. The van der Waals surface area contributed by atoms with E-state index in [9.17, 15) is 14.0 Å². The van der Waals surface area contributed by atoms with E-state index in [1.54, 1.807) is 12.1 Å². The highest BCUT2D eigenvalue weighted by molar-refractivity contribution is 7.99. The van der Waals surface area contributed by atoms with Gasteiger partial charge in [-0.05, 0) is 36.4 Å². The minimum Gasteiger partial charge on any atom is -0.484 e. The molecule has 0 spiro atoms. The Bertz CT molecular complexity index is 949.